The first kappa shape index (κ1) is 28.3. The molecule has 1 amide bonds. The van der Waals surface area contributed by atoms with Crippen LogP contribution in [0.25, 0.3) is 6.08 Å². The van der Waals surface area contributed by atoms with Crippen molar-refractivity contribution < 1.29 is 23.8 Å². The third-order valence-corrected chi connectivity index (χ3v) is 7.06. The van der Waals surface area contributed by atoms with Gasteiger partial charge in [-0.2, -0.15) is 0 Å². The minimum Gasteiger partial charge on any atom is -0.490 e. The molecule has 0 N–H and O–H groups in total. The number of aryl methyl sites for hydroxylation is 1. The van der Waals surface area contributed by atoms with Gasteiger partial charge in [0.25, 0.3) is 5.91 Å². The molecule has 1 aliphatic rings. The molecule has 3 aromatic rings. The number of methoxy groups -OCH3 is 1. The normalized spacial score (nSPS) is 14.2. The van der Waals surface area contributed by atoms with Crippen LogP contribution >= 0.6 is 28.1 Å². The van der Waals surface area contributed by atoms with Gasteiger partial charge in [-0.25, -0.2) is 0 Å². The lowest BCUT2D eigenvalue weighted by Crippen LogP contribution is -2.35. The zero-order valence-corrected chi connectivity index (χ0v) is 24.4. The molecule has 202 valence electrons. The summed E-state index contributed by atoms with van der Waals surface area (Å²) in [4.78, 5) is 28.8. The van der Waals surface area contributed by atoms with Gasteiger partial charge in [-0.15, -0.1) is 0 Å². The third-order valence-electron chi connectivity index (χ3n) is 6.13. The fourth-order valence-corrected chi connectivity index (χ4v) is 4.65. The van der Waals surface area contributed by atoms with Gasteiger partial charge in [-0.1, -0.05) is 53.2 Å². The van der Waals surface area contributed by atoms with Crippen LogP contribution in [0.2, 0.25) is 0 Å². The number of ether oxygens (including phenoxy) is 3. The molecule has 3 aromatic carbocycles. The van der Waals surface area contributed by atoms with Crippen molar-refractivity contribution in [1.29, 1.82) is 0 Å². The third kappa shape index (κ3) is 6.66. The first-order valence-electron chi connectivity index (χ1n) is 12.5. The Kier molecular flexibility index (Phi) is 9.37. The Hall–Kier alpha value is -3.69. The highest BCUT2D eigenvalue weighted by Gasteiger charge is 2.40. The number of hydrogen-bond acceptors (Lipinski definition) is 6. The summed E-state index contributed by atoms with van der Waals surface area (Å²) >= 11 is 9.09. The number of halogens is 1. The minimum atomic E-state index is -0.508. The quantitative estimate of drug-likeness (QED) is 0.156. The maximum atomic E-state index is 13.6. The van der Waals surface area contributed by atoms with Crippen LogP contribution < -0.4 is 14.4 Å². The number of carbonyl (C=O) groups excluding carboxylic acids is 2. The molecule has 0 atom stereocenters. The molecule has 4 rings (SSSR count). The summed E-state index contributed by atoms with van der Waals surface area (Å²) in [5, 5.41) is 0.209. The number of carbonyl (C=O) groups is 2. The van der Waals surface area contributed by atoms with Crippen LogP contribution in [-0.4, -0.2) is 42.2 Å². The highest BCUT2D eigenvalue weighted by molar-refractivity contribution is 9.10. The highest BCUT2D eigenvalue weighted by atomic mass is 79.9. The molecule has 1 heterocycles. The Bertz CT molecular complexity index is 1390. The van der Waals surface area contributed by atoms with E-state index < -0.39 is 5.97 Å². The highest BCUT2D eigenvalue weighted by Crippen LogP contribution is 2.33. The number of benzene rings is 3. The lowest BCUT2D eigenvalue weighted by atomic mass is 10.1. The van der Waals surface area contributed by atoms with Crippen molar-refractivity contribution in [1.82, 2.24) is 4.90 Å². The van der Waals surface area contributed by atoms with Gasteiger partial charge >= 0.3 is 5.97 Å². The average molecular weight is 610 g/mol. The molecule has 1 aliphatic heterocycles. The number of hydrogen-bond donors (Lipinski definition) is 0. The van der Waals surface area contributed by atoms with Crippen LogP contribution in [0.5, 0.6) is 11.5 Å². The van der Waals surface area contributed by atoms with Crippen LogP contribution in [0.1, 0.15) is 30.5 Å². The molecular formula is C30H29BrN2O5S. The molecule has 0 aromatic heterocycles. The molecule has 7 nitrogen and oxygen atoms in total. The zero-order chi connectivity index (χ0) is 27.9. The Morgan fingerprint density at radius 2 is 1.64 bits per heavy atom. The van der Waals surface area contributed by atoms with Crippen LogP contribution in [0.3, 0.4) is 0 Å². The molecule has 0 radical (unpaired) electrons. The van der Waals surface area contributed by atoms with Crippen LogP contribution in [0.4, 0.5) is 5.69 Å². The van der Waals surface area contributed by atoms with Crippen molar-refractivity contribution in [2.24, 2.45) is 0 Å². The van der Waals surface area contributed by atoms with Crippen LogP contribution in [0.15, 0.2) is 76.9 Å². The van der Waals surface area contributed by atoms with Gasteiger partial charge in [0.15, 0.2) is 16.6 Å². The topological polar surface area (TPSA) is 68.3 Å². The molecule has 1 fully saturated rings. The van der Waals surface area contributed by atoms with Gasteiger partial charge in [0.2, 0.25) is 0 Å². The second-order valence-corrected chi connectivity index (χ2v) is 9.97. The van der Waals surface area contributed by atoms with E-state index >= 15 is 0 Å². The number of amides is 1. The summed E-state index contributed by atoms with van der Waals surface area (Å²) in [6.45, 7) is 4.58. The van der Waals surface area contributed by atoms with E-state index in [1.165, 1.54) is 16.9 Å². The van der Waals surface area contributed by atoms with Crippen molar-refractivity contribution in [3.05, 3.63) is 93.6 Å². The summed E-state index contributed by atoms with van der Waals surface area (Å²) in [5.74, 6) is 0.287. The molecule has 0 saturated carbocycles. The van der Waals surface area contributed by atoms with Crippen molar-refractivity contribution in [2.75, 3.05) is 25.2 Å². The van der Waals surface area contributed by atoms with Gasteiger partial charge in [0, 0.05) is 4.47 Å². The van der Waals surface area contributed by atoms with Crippen molar-refractivity contribution in [2.45, 2.75) is 26.9 Å². The van der Waals surface area contributed by atoms with E-state index in [9.17, 15) is 9.59 Å². The van der Waals surface area contributed by atoms with E-state index in [0.29, 0.717) is 36.0 Å². The number of thiocarbonyl (C=S) groups is 1. The van der Waals surface area contributed by atoms with Crippen molar-refractivity contribution >= 4 is 56.9 Å². The van der Waals surface area contributed by atoms with Crippen molar-refractivity contribution in [3.8, 4) is 11.5 Å². The number of esters is 1. The Morgan fingerprint density at radius 1 is 0.949 bits per heavy atom. The van der Waals surface area contributed by atoms with Gasteiger partial charge in [0.1, 0.15) is 18.8 Å². The SMILES string of the molecule is CCOc1cc(/C=C2/C(=O)N(c3ccc(CC)cc3)C(=S)N2CC(=O)OC)ccc1OCc1ccc(Br)cc1. The van der Waals surface area contributed by atoms with Gasteiger partial charge in [-0.05, 0) is 84.7 Å². The number of nitrogens with zero attached hydrogens (tertiary/aromatic N) is 2. The molecule has 0 spiro atoms. The van der Waals surface area contributed by atoms with E-state index in [1.807, 2.05) is 61.5 Å². The molecule has 0 bridgehead atoms. The van der Waals surface area contributed by atoms with E-state index in [1.54, 1.807) is 18.2 Å². The predicted octanol–water partition coefficient (Wildman–Crippen LogP) is 6.14. The summed E-state index contributed by atoms with van der Waals surface area (Å²) in [6.07, 6.45) is 2.57. The van der Waals surface area contributed by atoms with Crippen LogP contribution in [0, 0.1) is 0 Å². The number of rotatable bonds is 10. The van der Waals surface area contributed by atoms with E-state index in [4.69, 9.17) is 26.4 Å². The standard InChI is InChI=1S/C30H29BrN2O5S/c1-4-20-8-13-24(14-9-20)33-29(35)25(32(30(33)39)18-28(34)36-3)16-22-10-15-26(27(17-22)37-5-2)38-19-21-6-11-23(31)12-7-21/h6-17H,4-5,18-19H2,1-3H3/b25-16-. The maximum Gasteiger partial charge on any atom is 0.325 e. The largest absolute Gasteiger partial charge is 0.490 e. The summed E-state index contributed by atoms with van der Waals surface area (Å²) in [6, 6.07) is 20.9. The summed E-state index contributed by atoms with van der Waals surface area (Å²) < 4.78 is 17.7. The van der Waals surface area contributed by atoms with E-state index in [-0.39, 0.29) is 23.3 Å². The second-order valence-electron chi connectivity index (χ2n) is 8.69. The Balaban J connectivity index is 1.65. The smallest absolute Gasteiger partial charge is 0.325 e. The fraction of sp³-hybridized carbons (Fsp3) is 0.233. The first-order valence-corrected chi connectivity index (χ1v) is 13.7. The zero-order valence-electron chi connectivity index (χ0n) is 22.0. The monoisotopic (exact) mass is 608 g/mol. The van der Waals surface area contributed by atoms with Gasteiger partial charge in [-0.3, -0.25) is 14.5 Å². The minimum absolute atomic E-state index is 0.191. The second kappa shape index (κ2) is 12.9. The lowest BCUT2D eigenvalue weighted by molar-refractivity contribution is -0.140. The average Bonchev–Trinajstić information content (AvgIpc) is 3.17. The van der Waals surface area contributed by atoms with E-state index in [2.05, 4.69) is 22.9 Å². The molecule has 0 unspecified atom stereocenters. The molecule has 9 heteroatoms. The van der Waals surface area contributed by atoms with E-state index in [0.717, 1.165) is 22.0 Å². The Labute approximate surface area is 242 Å². The first-order chi connectivity index (χ1) is 18.8. The van der Waals surface area contributed by atoms with Gasteiger partial charge < -0.3 is 19.1 Å². The molecule has 1 saturated heterocycles. The van der Waals surface area contributed by atoms with Gasteiger partial charge in [0.05, 0.1) is 19.4 Å². The fourth-order valence-electron chi connectivity index (χ4n) is 4.04. The molecule has 39 heavy (non-hydrogen) atoms. The molecule has 0 aliphatic carbocycles. The van der Waals surface area contributed by atoms with Crippen molar-refractivity contribution in [3.63, 3.8) is 0 Å². The predicted molar refractivity (Wildman–Crippen MR) is 159 cm³/mol. The van der Waals surface area contributed by atoms with Crippen LogP contribution in [-0.2, 0) is 27.4 Å². The Morgan fingerprint density at radius 3 is 2.28 bits per heavy atom. The summed E-state index contributed by atoms with van der Waals surface area (Å²) in [5.41, 5.74) is 3.74. The number of anilines is 1. The summed E-state index contributed by atoms with van der Waals surface area (Å²) in [7, 11) is 1.30. The lowest BCUT2D eigenvalue weighted by Gasteiger charge is -2.19. The maximum absolute atomic E-state index is 13.6. The molecular weight excluding hydrogens is 580 g/mol.